The molecular formula is C53H94N4O7. The van der Waals surface area contributed by atoms with Crippen LogP contribution in [0, 0.1) is 40.4 Å². The van der Waals surface area contributed by atoms with Crippen LogP contribution < -0.4 is 16.0 Å². The number of nitrogens with zero attached hydrogens (tertiary/aromatic N) is 1. The predicted molar refractivity (Wildman–Crippen MR) is 258 cm³/mol. The van der Waals surface area contributed by atoms with E-state index in [0.29, 0.717) is 31.3 Å². The molecular weight excluding hydrogens is 805 g/mol. The lowest BCUT2D eigenvalue weighted by Crippen LogP contribution is -2.50. The van der Waals surface area contributed by atoms with Gasteiger partial charge in [0.2, 0.25) is 5.91 Å². The van der Waals surface area contributed by atoms with Crippen LogP contribution in [-0.2, 0) is 23.8 Å². The summed E-state index contributed by atoms with van der Waals surface area (Å²) < 4.78 is 16.9. The third kappa shape index (κ3) is 16.8. The topological polar surface area (TPSA) is 135 Å². The van der Waals surface area contributed by atoms with Crippen LogP contribution in [0.3, 0.4) is 0 Å². The molecule has 0 heterocycles. The van der Waals surface area contributed by atoms with E-state index in [4.69, 9.17) is 14.2 Å². The van der Waals surface area contributed by atoms with Gasteiger partial charge in [0.25, 0.3) is 0 Å². The highest BCUT2D eigenvalue weighted by Crippen LogP contribution is 2.67. The van der Waals surface area contributed by atoms with Crippen molar-refractivity contribution in [2.24, 2.45) is 40.4 Å². The molecule has 0 aromatic heterocycles. The molecule has 0 aliphatic heterocycles. The van der Waals surface area contributed by atoms with Gasteiger partial charge in [0.05, 0.1) is 0 Å². The van der Waals surface area contributed by atoms with Gasteiger partial charge in [0.15, 0.2) is 0 Å². The van der Waals surface area contributed by atoms with E-state index < -0.39 is 23.4 Å². The summed E-state index contributed by atoms with van der Waals surface area (Å²) in [5.74, 6) is 3.91. The molecule has 64 heavy (non-hydrogen) atoms. The summed E-state index contributed by atoms with van der Waals surface area (Å²) in [6.45, 7) is 27.5. The Kier molecular flexibility index (Phi) is 20.4. The fraction of sp³-hybridized carbons (Fsp3) is 0.887. The highest BCUT2D eigenvalue weighted by Gasteiger charge is 2.58. The Labute approximate surface area is 389 Å². The molecule has 2 unspecified atom stereocenters. The van der Waals surface area contributed by atoms with Crippen LogP contribution in [0.2, 0.25) is 0 Å². The zero-order valence-corrected chi connectivity index (χ0v) is 42.8. The Morgan fingerprint density at radius 3 is 2.06 bits per heavy atom. The SMILES string of the molecule is CC(C)CCCC[C@H]1CC[C@H]2[C@@H]3CC=C4C[C@@H](OC(=O)CCCC(=O)N(CCCCNCCC(C)NC(=O)OC(C)(C)C)CCC(C)NC(=O)OC(C)(C)C)CC[C@]4(C)[C@H]3CC[C@]12C. The zero-order valence-electron chi connectivity index (χ0n) is 42.8. The first-order valence-corrected chi connectivity index (χ1v) is 25.9. The van der Waals surface area contributed by atoms with Crippen molar-refractivity contribution in [2.45, 2.75) is 234 Å². The van der Waals surface area contributed by atoms with E-state index in [-0.39, 0.29) is 48.3 Å². The highest BCUT2D eigenvalue weighted by atomic mass is 16.6. The van der Waals surface area contributed by atoms with Gasteiger partial charge in [-0.15, -0.1) is 0 Å². The molecule has 0 bridgehead atoms. The zero-order chi connectivity index (χ0) is 47.3. The molecule has 0 aromatic rings. The second kappa shape index (κ2) is 24.3. The second-order valence-electron chi connectivity index (χ2n) is 23.5. The molecule has 0 aromatic carbocycles. The molecule has 3 fully saturated rings. The van der Waals surface area contributed by atoms with E-state index >= 15 is 0 Å². The van der Waals surface area contributed by atoms with Gasteiger partial charge in [-0.1, -0.05) is 58.6 Å². The van der Waals surface area contributed by atoms with E-state index in [0.717, 1.165) is 81.2 Å². The van der Waals surface area contributed by atoms with Gasteiger partial charge in [0, 0.05) is 44.4 Å². The lowest BCUT2D eigenvalue weighted by atomic mass is 9.47. The molecule has 4 aliphatic rings. The molecule has 9 atom stereocenters. The monoisotopic (exact) mass is 899 g/mol. The van der Waals surface area contributed by atoms with Crippen LogP contribution in [0.4, 0.5) is 9.59 Å². The van der Waals surface area contributed by atoms with Crippen molar-refractivity contribution in [3.05, 3.63) is 11.6 Å². The Morgan fingerprint density at radius 1 is 0.734 bits per heavy atom. The summed E-state index contributed by atoms with van der Waals surface area (Å²) in [5.41, 5.74) is 1.13. The first-order valence-electron chi connectivity index (χ1n) is 25.9. The Balaban J connectivity index is 1.21. The Morgan fingerprint density at radius 2 is 1.41 bits per heavy atom. The van der Waals surface area contributed by atoms with Crippen molar-refractivity contribution in [3.63, 3.8) is 0 Å². The van der Waals surface area contributed by atoms with Crippen molar-refractivity contribution < 1.29 is 33.4 Å². The number of unbranched alkanes of at least 4 members (excludes halogenated alkanes) is 2. The van der Waals surface area contributed by atoms with E-state index in [1.165, 1.54) is 63.4 Å². The molecule has 0 radical (unpaired) electrons. The Bertz CT molecular complexity index is 1530. The molecule has 11 nitrogen and oxygen atoms in total. The average Bonchev–Trinajstić information content (AvgIpc) is 3.51. The number of fused-ring (bicyclic) bond motifs is 5. The minimum atomic E-state index is -0.591. The summed E-state index contributed by atoms with van der Waals surface area (Å²) in [4.78, 5) is 53.2. The standard InChI is InChI=1S/C53H94N4O7/c1-37(2)18-13-14-19-40-23-25-44-43-24-22-41-36-42(26-30-53(41,12)45(43)27-31-52(40,44)11)62-47(59)21-17-20-46(58)57(35-29-39(4)56-49(61)64-51(8,9)10)34-16-15-32-54-33-28-38(3)55-48(60)63-50(5,6)7/h22,37-40,42-45,54H,13-21,23-36H2,1-12H3,(H,55,60)(H,56,61)/t38?,39?,40-,42-,43-,44-,45-,52+,53-/m0/s1. The van der Waals surface area contributed by atoms with Crippen LogP contribution >= 0.6 is 0 Å². The van der Waals surface area contributed by atoms with Crippen molar-refractivity contribution in [1.29, 1.82) is 0 Å². The predicted octanol–water partition coefficient (Wildman–Crippen LogP) is 11.7. The van der Waals surface area contributed by atoms with E-state index in [1.807, 2.05) is 60.3 Å². The molecule has 3 N–H and O–H groups in total. The summed E-state index contributed by atoms with van der Waals surface area (Å²) in [6.07, 6.45) is 20.8. The van der Waals surface area contributed by atoms with Gasteiger partial charge in [-0.2, -0.15) is 0 Å². The first-order chi connectivity index (χ1) is 30.0. The van der Waals surface area contributed by atoms with Crippen molar-refractivity contribution in [3.8, 4) is 0 Å². The Hall–Kier alpha value is -2.82. The molecule has 0 spiro atoms. The molecule has 4 aliphatic carbocycles. The largest absolute Gasteiger partial charge is 0.462 e. The number of rotatable bonds is 23. The molecule has 11 heteroatoms. The molecule has 3 saturated carbocycles. The summed E-state index contributed by atoms with van der Waals surface area (Å²) in [7, 11) is 0. The molecule has 3 amide bonds. The number of alkyl carbamates (subject to hydrolysis) is 2. The minimum absolute atomic E-state index is 0.0194. The number of amides is 3. The van der Waals surface area contributed by atoms with Gasteiger partial charge in [-0.05, 0) is 192 Å². The van der Waals surface area contributed by atoms with Crippen molar-refractivity contribution in [1.82, 2.24) is 20.9 Å². The third-order valence-corrected chi connectivity index (χ3v) is 15.4. The first kappa shape index (κ1) is 53.8. The number of hydrogen-bond acceptors (Lipinski definition) is 8. The lowest BCUT2D eigenvalue weighted by Gasteiger charge is -2.58. The molecule has 4 rings (SSSR count). The number of carbonyl (C=O) groups is 4. The van der Waals surface area contributed by atoms with E-state index in [9.17, 15) is 19.2 Å². The normalized spacial score (nSPS) is 27.6. The van der Waals surface area contributed by atoms with E-state index in [2.05, 4.69) is 49.7 Å². The number of nitrogens with one attached hydrogen (secondary N) is 3. The number of allylic oxidation sites excluding steroid dienone is 1. The molecule has 368 valence electrons. The van der Waals surface area contributed by atoms with Gasteiger partial charge >= 0.3 is 18.2 Å². The maximum atomic E-state index is 13.6. The van der Waals surface area contributed by atoms with Gasteiger partial charge in [-0.25, -0.2) is 9.59 Å². The minimum Gasteiger partial charge on any atom is -0.462 e. The summed E-state index contributed by atoms with van der Waals surface area (Å²) in [5, 5.41) is 9.22. The van der Waals surface area contributed by atoms with Crippen molar-refractivity contribution in [2.75, 3.05) is 26.2 Å². The van der Waals surface area contributed by atoms with Crippen LogP contribution in [0.5, 0.6) is 0 Å². The van der Waals surface area contributed by atoms with E-state index in [1.54, 1.807) is 0 Å². The number of carbonyl (C=O) groups excluding carboxylic acids is 4. The average molecular weight is 899 g/mol. The fourth-order valence-corrected chi connectivity index (χ4v) is 11.9. The summed E-state index contributed by atoms with van der Waals surface area (Å²) >= 11 is 0. The number of hydrogen-bond donors (Lipinski definition) is 3. The van der Waals surface area contributed by atoms with Crippen LogP contribution in [0.1, 0.15) is 205 Å². The number of ether oxygens (including phenoxy) is 3. The van der Waals surface area contributed by atoms with Gasteiger partial charge in [0.1, 0.15) is 17.3 Å². The lowest BCUT2D eigenvalue weighted by molar-refractivity contribution is -0.151. The highest BCUT2D eigenvalue weighted by molar-refractivity contribution is 5.77. The maximum absolute atomic E-state index is 13.6. The quantitative estimate of drug-likeness (QED) is 0.0399. The van der Waals surface area contributed by atoms with Crippen LogP contribution in [0.25, 0.3) is 0 Å². The van der Waals surface area contributed by atoms with Crippen LogP contribution in [0.15, 0.2) is 11.6 Å². The summed E-state index contributed by atoms with van der Waals surface area (Å²) in [6, 6.07) is -0.198. The second-order valence-corrected chi connectivity index (χ2v) is 23.5. The van der Waals surface area contributed by atoms with Gasteiger partial charge < -0.3 is 35.1 Å². The number of esters is 1. The third-order valence-electron chi connectivity index (χ3n) is 15.4. The fourth-order valence-electron chi connectivity index (χ4n) is 11.9. The van der Waals surface area contributed by atoms with Crippen molar-refractivity contribution >= 4 is 24.1 Å². The van der Waals surface area contributed by atoms with Gasteiger partial charge in [-0.3, -0.25) is 9.59 Å². The smallest absolute Gasteiger partial charge is 0.407 e. The van der Waals surface area contributed by atoms with Crippen LogP contribution in [-0.4, -0.2) is 84.5 Å². The molecule has 0 saturated heterocycles. The maximum Gasteiger partial charge on any atom is 0.407 e.